The van der Waals surface area contributed by atoms with E-state index in [0.717, 1.165) is 4.88 Å². The van der Waals surface area contributed by atoms with Crippen molar-refractivity contribution in [3.63, 3.8) is 0 Å². The number of H-pyrrole nitrogens is 1. The fraction of sp³-hybridized carbons (Fsp3) is 0.0667. The number of rotatable bonds is 3. The number of fused-ring (bicyclic) bond motifs is 1. The van der Waals surface area contributed by atoms with E-state index in [9.17, 15) is 14.0 Å². The molecule has 6 heteroatoms. The molecule has 106 valence electrons. The van der Waals surface area contributed by atoms with Crippen molar-refractivity contribution in [1.29, 1.82) is 0 Å². The minimum Gasteiger partial charge on any atom is -0.358 e. The van der Waals surface area contributed by atoms with E-state index < -0.39 is 17.2 Å². The number of para-hydroxylation sites is 1. The van der Waals surface area contributed by atoms with Crippen LogP contribution in [0.4, 0.5) is 4.39 Å². The van der Waals surface area contributed by atoms with Gasteiger partial charge in [0.1, 0.15) is 11.4 Å². The molecule has 0 radical (unpaired) electrons. The van der Waals surface area contributed by atoms with Crippen LogP contribution in [0.15, 0.2) is 46.7 Å². The molecule has 0 saturated carbocycles. The second kappa shape index (κ2) is 5.49. The molecular weight excluding hydrogens is 291 g/mol. The third kappa shape index (κ3) is 2.57. The van der Waals surface area contributed by atoms with Crippen LogP contribution in [-0.2, 0) is 6.54 Å². The Bertz CT molecular complexity index is 856. The van der Waals surface area contributed by atoms with Gasteiger partial charge in [-0.15, -0.1) is 11.3 Å². The predicted molar refractivity (Wildman–Crippen MR) is 80.0 cm³/mol. The maximum Gasteiger partial charge on any atom is 0.257 e. The average molecular weight is 302 g/mol. The van der Waals surface area contributed by atoms with Gasteiger partial charge in [-0.2, -0.15) is 0 Å². The van der Waals surface area contributed by atoms with E-state index >= 15 is 0 Å². The Morgan fingerprint density at radius 3 is 2.90 bits per heavy atom. The maximum absolute atomic E-state index is 13.6. The van der Waals surface area contributed by atoms with Gasteiger partial charge in [0.05, 0.1) is 12.1 Å². The molecule has 4 nitrogen and oxygen atoms in total. The van der Waals surface area contributed by atoms with Crippen LogP contribution in [0.25, 0.3) is 10.9 Å². The molecule has 21 heavy (non-hydrogen) atoms. The van der Waals surface area contributed by atoms with Crippen molar-refractivity contribution >= 4 is 28.1 Å². The van der Waals surface area contributed by atoms with Gasteiger partial charge < -0.3 is 10.3 Å². The van der Waals surface area contributed by atoms with E-state index in [1.165, 1.54) is 35.7 Å². The Morgan fingerprint density at radius 2 is 2.14 bits per heavy atom. The molecule has 2 aromatic heterocycles. The van der Waals surface area contributed by atoms with E-state index in [1.807, 2.05) is 17.5 Å². The lowest BCUT2D eigenvalue weighted by Gasteiger charge is -2.05. The highest BCUT2D eigenvalue weighted by Crippen LogP contribution is 2.12. The number of carbonyl (C=O) groups is 1. The number of nitrogens with one attached hydrogen (secondary N) is 2. The molecule has 3 rings (SSSR count). The summed E-state index contributed by atoms with van der Waals surface area (Å²) in [7, 11) is 0. The van der Waals surface area contributed by atoms with Gasteiger partial charge in [0, 0.05) is 16.5 Å². The van der Waals surface area contributed by atoms with Gasteiger partial charge in [0.25, 0.3) is 5.91 Å². The fourth-order valence-corrected chi connectivity index (χ4v) is 2.70. The van der Waals surface area contributed by atoms with Crippen LogP contribution in [0.2, 0.25) is 0 Å². The van der Waals surface area contributed by atoms with Gasteiger partial charge in [-0.3, -0.25) is 9.59 Å². The molecule has 0 aliphatic rings. The summed E-state index contributed by atoms with van der Waals surface area (Å²) in [6.45, 7) is 0.358. The van der Waals surface area contributed by atoms with Crippen LogP contribution in [-0.4, -0.2) is 10.9 Å². The number of pyridine rings is 1. The Labute approximate surface area is 123 Å². The molecule has 3 aromatic rings. The van der Waals surface area contributed by atoms with Crippen LogP contribution in [0.1, 0.15) is 15.2 Å². The van der Waals surface area contributed by atoms with Crippen molar-refractivity contribution in [2.75, 3.05) is 0 Å². The molecule has 1 aromatic carbocycles. The fourth-order valence-electron chi connectivity index (χ4n) is 2.06. The Kier molecular flexibility index (Phi) is 3.53. The lowest BCUT2D eigenvalue weighted by atomic mass is 10.1. The number of hydrogen-bond acceptors (Lipinski definition) is 3. The normalized spacial score (nSPS) is 10.7. The Hall–Kier alpha value is -2.47. The average Bonchev–Trinajstić information content (AvgIpc) is 2.99. The molecule has 0 spiro atoms. The number of hydrogen-bond donors (Lipinski definition) is 2. The lowest BCUT2D eigenvalue weighted by molar-refractivity contribution is 0.0950. The van der Waals surface area contributed by atoms with Crippen LogP contribution < -0.4 is 10.7 Å². The van der Waals surface area contributed by atoms with Crippen molar-refractivity contribution in [2.45, 2.75) is 6.54 Å². The third-order valence-electron chi connectivity index (χ3n) is 3.11. The zero-order valence-electron chi connectivity index (χ0n) is 10.9. The van der Waals surface area contributed by atoms with Gasteiger partial charge in [0.2, 0.25) is 5.43 Å². The number of thiophene rings is 1. The van der Waals surface area contributed by atoms with Gasteiger partial charge in [-0.25, -0.2) is 4.39 Å². The minimum atomic E-state index is -0.518. The summed E-state index contributed by atoms with van der Waals surface area (Å²) >= 11 is 1.52. The van der Waals surface area contributed by atoms with Crippen LogP contribution in [0.5, 0.6) is 0 Å². The van der Waals surface area contributed by atoms with E-state index in [4.69, 9.17) is 0 Å². The van der Waals surface area contributed by atoms with E-state index in [0.29, 0.717) is 6.54 Å². The molecule has 0 aliphatic carbocycles. The second-order valence-corrected chi connectivity index (χ2v) is 5.49. The standard InChI is InChI=1S/C15H11FN2O2S/c16-12-5-1-4-10-13(12)17-8-11(14(10)19)15(20)18-7-9-3-2-6-21-9/h1-6,8H,7H2,(H,17,19)(H,18,20). The molecule has 1 amide bonds. The van der Waals surface area contributed by atoms with Crippen LogP contribution in [0.3, 0.4) is 0 Å². The molecule has 2 heterocycles. The van der Waals surface area contributed by atoms with Gasteiger partial charge >= 0.3 is 0 Å². The molecule has 0 aliphatic heterocycles. The summed E-state index contributed by atoms with van der Waals surface area (Å²) < 4.78 is 13.6. The van der Waals surface area contributed by atoms with E-state index in [1.54, 1.807) is 0 Å². The molecule has 0 fully saturated rings. The molecular formula is C15H11FN2O2S. The summed E-state index contributed by atoms with van der Waals surface area (Å²) in [5.74, 6) is -0.994. The highest BCUT2D eigenvalue weighted by atomic mass is 32.1. The van der Waals surface area contributed by atoms with E-state index in [-0.39, 0.29) is 16.5 Å². The molecule has 0 bridgehead atoms. The molecule has 0 saturated heterocycles. The third-order valence-corrected chi connectivity index (χ3v) is 3.99. The molecule has 0 atom stereocenters. The first-order chi connectivity index (χ1) is 10.2. The monoisotopic (exact) mass is 302 g/mol. The quantitative estimate of drug-likeness (QED) is 0.781. The van der Waals surface area contributed by atoms with Crippen LogP contribution in [0, 0.1) is 5.82 Å². The SMILES string of the molecule is O=C(NCc1cccs1)c1c[nH]c2c(F)cccc2c1=O. The van der Waals surface area contributed by atoms with Crippen molar-refractivity contribution in [3.05, 3.63) is 68.4 Å². The summed E-state index contributed by atoms with van der Waals surface area (Å²) in [5, 5.41) is 4.75. The van der Waals surface area contributed by atoms with Crippen molar-refractivity contribution in [1.82, 2.24) is 10.3 Å². The number of carbonyl (C=O) groups excluding carboxylic acids is 1. The summed E-state index contributed by atoms with van der Waals surface area (Å²) in [6.07, 6.45) is 1.25. The van der Waals surface area contributed by atoms with Crippen molar-refractivity contribution in [3.8, 4) is 0 Å². The second-order valence-electron chi connectivity index (χ2n) is 4.46. The first-order valence-corrected chi connectivity index (χ1v) is 7.15. The Balaban J connectivity index is 1.92. The van der Waals surface area contributed by atoms with Crippen molar-refractivity contribution in [2.24, 2.45) is 0 Å². The van der Waals surface area contributed by atoms with Crippen molar-refractivity contribution < 1.29 is 9.18 Å². The summed E-state index contributed by atoms with van der Waals surface area (Å²) in [4.78, 5) is 28.0. The van der Waals surface area contributed by atoms with Crippen LogP contribution >= 0.6 is 11.3 Å². The van der Waals surface area contributed by atoms with E-state index in [2.05, 4.69) is 10.3 Å². The molecule has 2 N–H and O–H groups in total. The largest absolute Gasteiger partial charge is 0.358 e. The van der Waals surface area contributed by atoms with Gasteiger partial charge in [-0.1, -0.05) is 12.1 Å². The number of aromatic amines is 1. The maximum atomic E-state index is 13.6. The minimum absolute atomic E-state index is 0.0235. The zero-order chi connectivity index (χ0) is 14.8. The predicted octanol–water partition coefficient (Wildman–Crippen LogP) is 2.66. The first kappa shape index (κ1) is 13.5. The highest BCUT2D eigenvalue weighted by molar-refractivity contribution is 7.09. The number of benzene rings is 1. The number of halogens is 1. The molecule has 0 unspecified atom stereocenters. The number of aromatic nitrogens is 1. The highest BCUT2D eigenvalue weighted by Gasteiger charge is 2.14. The van der Waals surface area contributed by atoms with Gasteiger partial charge in [-0.05, 0) is 23.6 Å². The summed E-state index contributed by atoms with van der Waals surface area (Å²) in [5.41, 5.74) is -0.395. The topological polar surface area (TPSA) is 62.0 Å². The summed E-state index contributed by atoms with van der Waals surface area (Å²) in [6, 6.07) is 7.98. The lowest BCUT2D eigenvalue weighted by Crippen LogP contribution is -2.28. The van der Waals surface area contributed by atoms with Gasteiger partial charge in [0.15, 0.2) is 0 Å². The first-order valence-electron chi connectivity index (χ1n) is 6.27. The smallest absolute Gasteiger partial charge is 0.257 e. The zero-order valence-corrected chi connectivity index (χ0v) is 11.7. The number of amides is 1. The Morgan fingerprint density at radius 1 is 1.29 bits per heavy atom.